The molecule has 0 saturated heterocycles. The molecule has 1 N–H and O–H groups in total. The molecule has 1 amide bonds. The first-order valence-electron chi connectivity index (χ1n) is 9.70. The van der Waals surface area contributed by atoms with Crippen LogP contribution >= 0.6 is 0 Å². The Morgan fingerprint density at radius 2 is 1.60 bits per heavy atom. The lowest BCUT2D eigenvalue weighted by Gasteiger charge is -2.19. The summed E-state index contributed by atoms with van der Waals surface area (Å²) in [5.41, 5.74) is 4.54. The zero-order valence-corrected chi connectivity index (χ0v) is 17.3. The molecule has 2 aromatic carbocycles. The number of carbonyl (C=O) groups is 2. The van der Waals surface area contributed by atoms with Crippen LogP contribution in [0.1, 0.15) is 34.1 Å². The highest BCUT2D eigenvalue weighted by molar-refractivity contribution is 5.89. The average Bonchev–Trinajstić information content (AvgIpc) is 3.01. The predicted molar refractivity (Wildman–Crippen MR) is 116 cm³/mol. The number of aryl methyl sites for hydroxylation is 2. The molecule has 0 atom stereocenters. The standard InChI is InChI=1S/C24H25N3O3/c1-17-21(18(2)27(3)26-17)14-15-23(29)30-16-22(28)25-24(19-10-6-4-7-11-19)20-12-8-5-9-13-20/h4-15,24H,16H2,1-3H3,(H,25,28)/b15-14+. The van der Waals surface area contributed by atoms with Crippen molar-refractivity contribution in [1.82, 2.24) is 15.1 Å². The largest absolute Gasteiger partial charge is 0.452 e. The molecule has 0 bridgehead atoms. The Balaban J connectivity index is 1.62. The molecule has 0 fully saturated rings. The van der Waals surface area contributed by atoms with E-state index >= 15 is 0 Å². The highest BCUT2D eigenvalue weighted by Gasteiger charge is 2.17. The van der Waals surface area contributed by atoms with Gasteiger partial charge in [0.1, 0.15) is 0 Å². The van der Waals surface area contributed by atoms with Crippen LogP contribution in [0.3, 0.4) is 0 Å². The van der Waals surface area contributed by atoms with Crippen molar-refractivity contribution in [3.8, 4) is 0 Å². The molecule has 0 saturated carbocycles. The second-order valence-electron chi connectivity index (χ2n) is 6.97. The molecule has 1 aromatic heterocycles. The molecule has 0 aliphatic carbocycles. The summed E-state index contributed by atoms with van der Waals surface area (Å²) in [4.78, 5) is 24.5. The third kappa shape index (κ3) is 5.23. The third-order valence-electron chi connectivity index (χ3n) is 4.87. The van der Waals surface area contributed by atoms with Gasteiger partial charge in [0, 0.05) is 24.4 Å². The number of carbonyl (C=O) groups excluding carboxylic acids is 2. The molecule has 3 rings (SSSR count). The number of rotatable bonds is 7. The van der Waals surface area contributed by atoms with Crippen LogP contribution in [0.25, 0.3) is 6.08 Å². The van der Waals surface area contributed by atoms with Crippen molar-refractivity contribution in [2.75, 3.05) is 6.61 Å². The van der Waals surface area contributed by atoms with E-state index in [-0.39, 0.29) is 18.6 Å². The highest BCUT2D eigenvalue weighted by atomic mass is 16.5. The minimum Gasteiger partial charge on any atom is -0.452 e. The van der Waals surface area contributed by atoms with Gasteiger partial charge in [0.05, 0.1) is 11.7 Å². The molecule has 0 aliphatic heterocycles. The summed E-state index contributed by atoms with van der Waals surface area (Å²) in [6.45, 7) is 3.44. The second-order valence-corrected chi connectivity index (χ2v) is 6.97. The van der Waals surface area contributed by atoms with Gasteiger partial charge in [-0.05, 0) is 31.1 Å². The van der Waals surface area contributed by atoms with Crippen molar-refractivity contribution in [2.24, 2.45) is 7.05 Å². The lowest BCUT2D eigenvalue weighted by atomic mass is 9.99. The summed E-state index contributed by atoms with van der Waals surface area (Å²) < 4.78 is 6.87. The molecular weight excluding hydrogens is 378 g/mol. The van der Waals surface area contributed by atoms with E-state index in [4.69, 9.17) is 4.74 Å². The minimum absolute atomic E-state index is 0.324. The van der Waals surface area contributed by atoms with E-state index in [0.29, 0.717) is 0 Å². The van der Waals surface area contributed by atoms with Gasteiger partial charge >= 0.3 is 5.97 Å². The van der Waals surface area contributed by atoms with Crippen LogP contribution in [0.5, 0.6) is 0 Å². The number of amides is 1. The Bertz CT molecular complexity index is 1000. The summed E-state index contributed by atoms with van der Waals surface area (Å²) in [6, 6.07) is 19.0. The van der Waals surface area contributed by atoms with Crippen molar-refractivity contribution >= 4 is 18.0 Å². The number of nitrogens with zero attached hydrogens (tertiary/aromatic N) is 2. The van der Waals surface area contributed by atoms with Crippen LogP contribution in [0.4, 0.5) is 0 Å². The van der Waals surface area contributed by atoms with Crippen LogP contribution < -0.4 is 5.32 Å². The quantitative estimate of drug-likeness (QED) is 0.484. The molecule has 0 aliphatic rings. The maximum atomic E-state index is 12.5. The predicted octanol–water partition coefficient (Wildman–Crippen LogP) is 3.50. The number of ether oxygens (including phenoxy) is 1. The van der Waals surface area contributed by atoms with Gasteiger partial charge in [-0.2, -0.15) is 5.10 Å². The van der Waals surface area contributed by atoms with Gasteiger partial charge in [-0.15, -0.1) is 0 Å². The molecule has 6 nitrogen and oxygen atoms in total. The monoisotopic (exact) mass is 403 g/mol. The fourth-order valence-electron chi connectivity index (χ4n) is 3.22. The minimum atomic E-state index is -0.580. The van der Waals surface area contributed by atoms with Crippen LogP contribution in [0.2, 0.25) is 0 Å². The number of esters is 1. The van der Waals surface area contributed by atoms with E-state index in [1.54, 1.807) is 10.8 Å². The van der Waals surface area contributed by atoms with Crippen molar-refractivity contribution in [2.45, 2.75) is 19.9 Å². The van der Waals surface area contributed by atoms with Gasteiger partial charge in [0.2, 0.25) is 0 Å². The first-order chi connectivity index (χ1) is 14.5. The maximum Gasteiger partial charge on any atom is 0.331 e. The zero-order chi connectivity index (χ0) is 21.5. The second kappa shape index (κ2) is 9.69. The fourth-order valence-corrected chi connectivity index (χ4v) is 3.22. The van der Waals surface area contributed by atoms with Crippen molar-refractivity contribution in [3.05, 3.63) is 94.8 Å². The number of aromatic nitrogens is 2. The highest BCUT2D eigenvalue weighted by Crippen LogP contribution is 2.21. The summed E-state index contributed by atoms with van der Waals surface area (Å²) >= 11 is 0. The summed E-state index contributed by atoms with van der Waals surface area (Å²) in [7, 11) is 1.85. The SMILES string of the molecule is Cc1nn(C)c(C)c1/C=C/C(=O)OCC(=O)NC(c1ccccc1)c1ccccc1. The Hall–Kier alpha value is -3.67. The molecule has 6 heteroatoms. The Morgan fingerprint density at radius 1 is 1.03 bits per heavy atom. The van der Waals surface area contributed by atoms with Gasteiger partial charge in [-0.1, -0.05) is 60.7 Å². The first-order valence-corrected chi connectivity index (χ1v) is 9.70. The number of hydrogen-bond acceptors (Lipinski definition) is 4. The number of nitrogens with one attached hydrogen (secondary N) is 1. The lowest BCUT2D eigenvalue weighted by molar-refractivity contribution is -0.143. The smallest absolute Gasteiger partial charge is 0.331 e. The van der Waals surface area contributed by atoms with Crippen molar-refractivity contribution in [1.29, 1.82) is 0 Å². The van der Waals surface area contributed by atoms with Crippen molar-refractivity contribution in [3.63, 3.8) is 0 Å². The van der Waals surface area contributed by atoms with E-state index in [2.05, 4.69) is 10.4 Å². The normalized spacial score (nSPS) is 11.1. The van der Waals surface area contributed by atoms with Crippen LogP contribution in [-0.4, -0.2) is 28.3 Å². The van der Waals surface area contributed by atoms with Crippen LogP contribution in [0.15, 0.2) is 66.7 Å². The topological polar surface area (TPSA) is 73.2 Å². The molecule has 0 radical (unpaired) electrons. The van der Waals surface area contributed by atoms with Crippen LogP contribution in [0, 0.1) is 13.8 Å². The fraction of sp³-hybridized carbons (Fsp3) is 0.208. The number of hydrogen-bond donors (Lipinski definition) is 1. The maximum absolute atomic E-state index is 12.5. The molecule has 30 heavy (non-hydrogen) atoms. The Morgan fingerprint density at radius 3 is 2.10 bits per heavy atom. The molecule has 0 spiro atoms. The van der Waals surface area contributed by atoms with E-state index in [1.165, 1.54) is 6.08 Å². The lowest BCUT2D eigenvalue weighted by Crippen LogP contribution is -2.32. The van der Waals surface area contributed by atoms with Crippen LogP contribution in [-0.2, 0) is 21.4 Å². The average molecular weight is 403 g/mol. The summed E-state index contributed by atoms with van der Waals surface area (Å²) in [6.07, 6.45) is 2.98. The summed E-state index contributed by atoms with van der Waals surface area (Å²) in [5, 5.41) is 7.25. The van der Waals surface area contributed by atoms with E-state index in [0.717, 1.165) is 28.1 Å². The van der Waals surface area contributed by atoms with Gasteiger partial charge in [0.25, 0.3) is 5.91 Å². The van der Waals surface area contributed by atoms with Crippen molar-refractivity contribution < 1.29 is 14.3 Å². The molecule has 3 aromatic rings. The Labute approximate surface area is 176 Å². The van der Waals surface area contributed by atoms with Gasteiger partial charge in [-0.3, -0.25) is 9.48 Å². The van der Waals surface area contributed by atoms with E-state index in [9.17, 15) is 9.59 Å². The Kier molecular flexibility index (Phi) is 6.80. The van der Waals surface area contributed by atoms with Gasteiger partial charge in [0.15, 0.2) is 6.61 Å². The van der Waals surface area contributed by atoms with Gasteiger partial charge < -0.3 is 10.1 Å². The first kappa shape index (κ1) is 21.0. The third-order valence-corrected chi connectivity index (χ3v) is 4.87. The molecule has 154 valence electrons. The zero-order valence-electron chi connectivity index (χ0n) is 17.3. The van der Waals surface area contributed by atoms with E-state index < -0.39 is 5.97 Å². The number of benzene rings is 2. The van der Waals surface area contributed by atoms with Gasteiger partial charge in [-0.25, -0.2) is 4.79 Å². The molecular formula is C24H25N3O3. The molecule has 1 heterocycles. The summed E-state index contributed by atoms with van der Waals surface area (Å²) in [5.74, 6) is -0.952. The molecule has 0 unspecified atom stereocenters. The van der Waals surface area contributed by atoms with E-state index in [1.807, 2.05) is 81.6 Å².